The van der Waals surface area contributed by atoms with Crippen LogP contribution in [0.25, 0.3) is 0 Å². The molecule has 2 nitrogen and oxygen atoms in total. The molecule has 0 radical (unpaired) electrons. The number of fused-ring (bicyclic) bond motifs is 1. The molecule has 1 aliphatic heterocycles. The van der Waals surface area contributed by atoms with E-state index in [-0.39, 0.29) is 5.97 Å². The first-order valence-corrected chi connectivity index (χ1v) is 4.63. The molecule has 1 heterocycles. The van der Waals surface area contributed by atoms with Gasteiger partial charge in [-0.3, -0.25) is 0 Å². The number of carbonyl (C=O) groups excluding carboxylic acids is 1. The van der Waals surface area contributed by atoms with Crippen LogP contribution in [-0.2, 0) is 11.2 Å². The third kappa shape index (κ3) is 2.08. The molecule has 2 heteroatoms. The van der Waals surface area contributed by atoms with Gasteiger partial charge in [-0.1, -0.05) is 32.0 Å². The Morgan fingerprint density at radius 2 is 1.92 bits per heavy atom. The molecule has 0 atom stereocenters. The van der Waals surface area contributed by atoms with Gasteiger partial charge >= 0.3 is 5.97 Å². The Labute approximate surface area is 78.5 Å². The van der Waals surface area contributed by atoms with Crippen molar-refractivity contribution in [1.82, 2.24) is 0 Å². The maximum atomic E-state index is 11.1. The van der Waals surface area contributed by atoms with Crippen LogP contribution in [0.5, 0.6) is 0 Å². The van der Waals surface area contributed by atoms with Gasteiger partial charge in [0.25, 0.3) is 0 Å². The number of hydrogen-bond acceptors (Lipinski definition) is 2. The summed E-state index contributed by atoms with van der Waals surface area (Å²) in [5.41, 5.74) is 1.82. The van der Waals surface area contributed by atoms with E-state index < -0.39 is 0 Å². The highest BCUT2D eigenvalue weighted by atomic mass is 16.5. The van der Waals surface area contributed by atoms with Gasteiger partial charge in [0.05, 0.1) is 12.2 Å². The van der Waals surface area contributed by atoms with E-state index >= 15 is 0 Å². The first-order chi connectivity index (χ1) is 6.38. The summed E-state index contributed by atoms with van der Waals surface area (Å²) in [5, 5.41) is 0. The molecule has 0 aliphatic carbocycles. The van der Waals surface area contributed by atoms with Crippen molar-refractivity contribution in [2.24, 2.45) is 0 Å². The zero-order valence-corrected chi connectivity index (χ0v) is 8.04. The number of rotatable bonds is 0. The molecule has 0 fully saturated rings. The number of esters is 1. The SMILES string of the molecule is CC.O=C1OCCc2ccccc21. The second kappa shape index (κ2) is 4.65. The van der Waals surface area contributed by atoms with Crippen LogP contribution >= 0.6 is 0 Å². The fraction of sp³-hybridized carbons (Fsp3) is 0.364. The number of hydrogen-bond donors (Lipinski definition) is 0. The summed E-state index contributed by atoms with van der Waals surface area (Å²) in [6, 6.07) is 7.56. The van der Waals surface area contributed by atoms with E-state index in [2.05, 4.69) is 0 Å². The van der Waals surface area contributed by atoms with E-state index in [0.717, 1.165) is 17.5 Å². The standard InChI is InChI=1S/C9H8O2.C2H6/c10-9-8-4-2-1-3-7(8)5-6-11-9;1-2/h1-4H,5-6H2;1-2H3. The third-order valence-electron chi connectivity index (χ3n) is 1.84. The summed E-state index contributed by atoms with van der Waals surface area (Å²) in [6.45, 7) is 4.52. The number of ether oxygens (including phenoxy) is 1. The van der Waals surface area contributed by atoms with Crippen LogP contribution < -0.4 is 0 Å². The molecule has 2 rings (SSSR count). The van der Waals surface area contributed by atoms with Crippen LogP contribution in [0.3, 0.4) is 0 Å². The molecule has 13 heavy (non-hydrogen) atoms. The summed E-state index contributed by atoms with van der Waals surface area (Å²) in [4.78, 5) is 11.1. The first kappa shape index (κ1) is 9.78. The molecular weight excluding hydrogens is 164 g/mol. The monoisotopic (exact) mass is 178 g/mol. The smallest absolute Gasteiger partial charge is 0.338 e. The second-order valence-corrected chi connectivity index (χ2v) is 2.54. The molecule has 0 spiro atoms. The van der Waals surface area contributed by atoms with Gasteiger partial charge < -0.3 is 4.74 Å². The minimum absolute atomic E-state index is 0.188. The average Bonchev–Trinajstić information content (AvgIpc) is 2.22. The predicted molar refractivity (Wildman–Crippen MR) is 51.8 cm³/mol. The highest BCUT2D eigenvalue weighted by molar-refractivity contribution is 5.91. The van der Waals surface area contributed by atoms with Gasteiger partial charge in [0.2, 0.25) is 0 Å². The normalized spacial score (nSPS) is 13.5. The quantitative estimate of drug-likeness (QED) is 0.570. The molecular formula is C11H14O2. The highest BCUT2D eigenvalue weighted by Gasteiger charge is 2.16. The minimum Gasteiger partial charge on any atom is -0.462 e. The second-order valence-electron chi connectivity index (χ2n) is 2.54. The van der Waals surface area contributed by atoms with Crippen molar-refractivity contribution in [1.29, 1.82) is 0 Å². The zero-order chi connectivity index (χ0) is 9.68. The maximum absolute atomic E-state index is 11.1. The van der Waals surface area contributed by atoms with E-state index in [1.165, 1.54) is 0 Å². The predicted octanol–water partition coefficient (Wildman–Crippen LogP) is 2.43. The van der Waals surface area contributed by atoms with Gasteiger partial charge in [-0.2, -0.15) is 0 Å². The molecule has 0 saturated carbocycles. The van der Waals surface area contributed by atoms with Gasteiger partial charge in [0.1, 0.15) is 0 Å². The van der Waals surface area contributed by atoms with Crippen LogP contribution in [0.4, 0.5) is 0 Å². The summed E-state index contributed by atoms with van der Waals surface area (Å²) in [7, 11) is 0. The van der Waals surface area contributed by atoms with E-state index in [4.69, 9.17) is 4.74 Å². The number of carbonyl (C=O) groups is 1. The van der Waals surface area contributed by atoms with E-state index in [9.17, 15) is 4.79 Å². The average molecular weight is 178 g/mol. The van der Waals surface area contributed by atoms with Crippen molar-refractivity contribution in [2.45, 2.75) is 20.3 Å². The molecule has 0 unspecified atom stereocenters. The van der Waals surface area contributed by atoms with Crippen LogP contribution in [0.1, 0.15) is 29.8 Å². The summed E-state index contributed by atoms with van der Waals surface area (Å²) in [6.07, 6.45) is 0.849. The van der Waals surface area contributed by atoms with Crippen LogP contribution in [0.15, 0.2) is 24.3 Å². The lowest BCUT2D eigenvalue weighted by molar-refractivity contribution is 0.0480. The lowest BCUT2D eigenvalue weighted by Gasteiger charge is -2.14. The molecule has 1 aromatic rings. The Kier molecular flexibility index (Phi) is 3.50. The summed E-state index contributed by atoms with van der Waals surface area (Å²) >= 11 is 0. The zero-order valence-electron chi connectivity index (χ0n) is 8.04. The fourth-order valence-corrected chi connectivity index (χ4v) is 1.27. The Morgan fingerprint density at radius 1 is 1.23 bits per heavy atom. The van der Waals surface area contributed by atoms with Crippen LogP contribution in [0.2, 0.25) is 0 Å². The lowest BCUT2D eigenvalue weighted by atomic mass is 10.0. The summed E-state index contributed by atoms with van der Waals surface area (Å²) in [5.74, 6) is -0.188. The fourth-order valence-electron chi connectivity index (χ4n) is 1.27. The maximum Gasteiger partial charge on any atom is 0.338 e. The molecule has 0 amide bonds. The van der Waals surface area contributed by atoms with Gasteiger partial charge in [0, 0.05) is 6.42 Å². The van der Waals surface area contributed by atoms with Crippen LogP contribution in [-0.4, -0.2) is 12.6 Å². The topological polar surface area (TPSA) is 26.3 Å². The summed E-state index contributed by atoms with van der Waals surface area (Å²) < 4.78 is 4.87. The third-order valence-corrected chi connectivity index (χ3v) is 1.84. The van der Waals surface area contributed by atoms with E-state index in [1.54, 1.807) is 6.07 Å². The van der Waals surface area contributed by atoms with E-state index in [1.807, 2.05) is 32.0 Å². The minimum atomic E-state index is -0.188. The van der Waals surface area contributed by atoms with E-state index in [0.29, 0.717) is 6.61 Å². The van der Waals surface area contributed by atoms with Gasteiger partial charge in [0.15, 0.2) is 0 Å². The Balaban J connectivity index is 0.000000396. The van der Waals surface area contributed by atoms with Gasteiger partial charge in [-0.15, -0.1) is 0 Å². The Morgan fingerprint density at radius 3 is 2.62 bits per heavy atom. The lowest BCUT2D eigenvalue weighted by Crippen LogP contribution is -2.16. The molecule has 0 saturated heterocycles. The van der Waals surface area contributed by atoms with Gasteiger partial charge in [-0.05, 0) is 11.6 Å². The van der Waals surface area contributed by atoms with Crippen molar-refractivity contribution < 1.29 is 9.53 Å². The van der Waals surface area contributed by atoms with Crippen molar-refractivity contribution >= 4 is 5.97 Å². The van der Waals surface area contributed by atoms with Gasteiger partial charge in [-0.25, -0.2) is 4.79 Å². The molecule has 0 N–H and O–H groups in total. The van der Waals surface area contributed by atoms with Crippen molar-refractivity contribution in [3.05, 3.63) is 35.4 Å². The molecule has 70 valence electrons. The molecule has 0 bridgehead atoms. The van der Waals surface area contributed by atoms with Crippen LogP contribution in [0, 0.1) is 0 Å². The first-order valence-electron chi connectivity index (χ1n) is 4.63. The molecule has 0 aromatic heterocycles. The molecule has 1 aromatic carbocycles. The largest absolute Gasteiger partial charge is 0.462 e. The Hall–Kier alpha value is -1.31. The number of benzene rings is 1. The highest BCUT2D eigenvalue weighted by Crippen LogP contribution is 2.15. The number of cyclic esters (lactones) is 1. The van der Waals surface area contributed by atoms with Crippen molar-refractivity contribution in [3.8, 4) is 0 Å². The van der Waals surface area contributed by atoms with Crippen molar-refractivity contribution in [3.63, 3.8) is 0 Å². The molecule has 1 aliphatic rings. The Bertz CT molecular complexity index is 292. The van der Waals surface area contributed by atoms with Crippen molar-refractivity contribution in [2.75, 3.05) is 6.61 Å².